The second-order valence-electron chi connectivity index (χ2n) is 5.66. The van der Waals surface area contributed by atoms with Crippen LogP contribution in [-0.2, 0) is 9.53 Å². The highest BCUT2D eigenvalue weighted by molar-refractivity contribution is 5.72. The first-order chi connectivity index (χ1) is 7.37. The molecule has 0 bridgehead atoms. The largest absolute Gasteiger partial charge is 0.459 e. The number of carbonyl (C=O) groups excluding carboxylic acids is 1. The van der Waals surface area contributed by atoms with Crippen LogP contribution in [0.2, 0.25) is 0 Å². The van der Waals surface area contributed by atoms with Gasteiger partial charge in [0.15, 0.2) is 0 Å². The zero-order valence-corrected chi connectivity index (χ0v) is 10.5. The number of aliphatic hydroxyl groups excluding tert-OH is 1. The van der Waals surface area contributed by atoms with Crippen LogP contribution in [0.1, 0.15) is 40.0 Å². The molecule has 0 unspecified atom stereocenters. The minimum Gasteiger partial charge on any atom is -0.459 e. The Morgan fingerprint density at radius 1 is 1.44 bits per heavy atom. The summed E-state index contributed by atoms with van der Waals surface area (Å²) in [5.74, 6) is -0.215. The lowest BCUT2D eigenvalue weighted by Crippen LogP contribution is -2.34. The molecule has 4 nitrogen and oxygen atoms in total. The van der Waals surface area contributed by atoms with Crippen LogP contribution in [0.5, 0.6) is 0 Å². The van der Waals surface area contributed by atoms with Gasteiger partial charge in [-0.05, 0) is 45.4 Å². The summed E-state index contributed by atoms with van der Waals surface area (Å²) in [5.41, 5.74) is -0.169. The lowest BCUT2D eigenvalue weighted by Gasteiger charge is -2.20. The van der Waals surface area contributed by atoms with E-state index in [1.165, 1.54) is 0 Å². The van der Waals surface area contributed by atoms with Crippen molar-refractivity contribution in [3.8, 4) is 0 Å². The van der Waals surface area contributed by atoms with E-state index in [0.717, 1.165) is 25.8 Å². The molecule has 1 saturated carbocycles. The van der Waals surface area contributed by atoms with E-state index in [-0.39, 0.29) is 24.5 Å². The van der Waals surface area contributed by atoms with Crippen molar-refractivity contribution < 1.29 is 14.6 Å². The van der Waals surface area contributed by atoms with Crippen LogP contribution in [0.4, 0.5) is 0 Å². The highest BCUT2D eigenvalue weighted by atomic mass is 16.6. The number of ether oxygens (including phenoxy) is 1. The fraction of sp³-hybridized carbons (Fsp3) is 0.917. The molecule has 2 N–H and O–H groups in total. The summed E-state index contributed by atoms with van der Waals surface area (Å²) < 4.78 is 5.18. The summed E-state index contributed by atoms with van der Waals surface area (Å²) in [4.78, 5) is 11.4. The minimum atomic E-state index is -0.416. The average molecular weight is 229 g/mol. The van der Waals surface area contributed by atoms with Crippen LogP contribution in [0.25, 0.3) is 0 Å². The lowest BCUT2D eigenvalue weighted by atomic mass is 10.0. The van der Waals surface area contributed by atoms with Gasteiger partial charge in [-0.2, -0.15) is 0 Å². The smallest absolute Gasteiger partial charge is 0.320 e. The van der Waals surface area contributed by atoms with Gasteiger partial charge in [-0.25, -0.2) is 0 Å². The first kappa shape index (κ1) is 13.5. The molecule has 1 aliphatic rings. The van der Waals surface area contributed by atoms with Gasteiger partial charge in [0.05, 0.1) is 6.54 Å². The molecule has 0 radical (unpaired) electrons. The maximum absolute atomic E-state index is 11.4. The molecular formula is C12H23NO3. The molecular weight excluding hydrogens is 206 g/mol. The number of hydrogen-bond acceptors (Lipinski definition) is 4. The molecule has 1 rings (SSSR count). The summed E-state index contributed by atoms with van der Waals surface area (Å²) in [6, 6.07) is 0. The molecule has 0 aromatic rings. The van der Waals surface area contributed by atoms with Gasteiger partial charge in [-0.1, -0.05) is 0 Å². The van der Waals surface area contributed by atoms with Gasteiger partial charge >= 0.3 is 5.97 Å². The monoisotopic (exact) mass is 229 g/mol. The van der Waals surface area contributed by atoms with E-state index in [1.807, 2.05) is 20.8 Å². The van der Waals surface area contributed by atoms with E-state index >= 15 is 0 Å². The quantitative estimate of drug-likeness (QED) is 0.669. The van der Waals surface area contributed by atoms with Crippen molar-refractivity contribution in [3.05, 3.63) is 0 Å². The number of carbonyl (C=O) groups is 1. The summed E-state index contributed by atoms with van der Waals surface area (Å²) in [6.07, 6.45) is 3.12. The molecule has 0 aliphatic heterocycles. The Morgan fingerprint density at radius 3 is 2.50 bits per heavy atom. The minimum absolute atomic E-state index is 0.215. The first-order valence-corrected chi connectivity index (χ1v) is 5.90. The van der Waals surface area contributed by atoms with E-state index in [9.17, 15) is 4.79 Å². The van der Waals surface area contributed by atoms with Gasteiger partial charge in [0.2, 0.25) is 0 Å². The SMILES string of the molecule is CC(C)(C)OC(=O)CNCC1(CCO)CC1. The molecule has 0 heterocycles. The van der Waals surface area contributed by atoms with Crippen LogP contribution in [0.3, 0.4) is 0 Å². The fourth-order valence-corrected chi connectivity index (χ4v) is 1.74. The molecule has 0 spiro atoms. The Labute approximate surface area is 97.4 Å². The maximum atomic E-state index is 11.4. The van der Waals surface area contributed by atoms with Crippen LogP contribution >= 0.6 is 0 Å². The van der Waals surface area contributed by atoms with Gasteiger partial charge in [0.1, 0.15) is 5.60 Å². The predicted octanol–water partition coefficient (Wildman–Crippen LogP) is 1.08. The molecule has 1 aliphatic carbocycles. The van der Waals surface area contributed by atoms with E-state index in [4.69, 9.17) is 9.84 Å². The number of hydrogen-bond donors (Lipinski definition) is 2. The molecule has 16 heavy (non-hydrogen) atoms. The molecule has 0 atom stereocenters. The highest BCUT2D eigenvalue weighted by Crippen LogP contribution is 2.47. The van der Waals surface area contributed by atoms with Crippen LogP contribution < -0.4 is 5.32 Å². The molecule has 0 amide bonds. The van der Waals surface area contributed by atoms with Gasteiger partial charge in [0.25, 0.3) is 0 Å². The zero-order chi connectivity index (χ0) is 12.2. The molecule has 0 aromatic heterocycles. The van der Waals surface area contributed by atoms with Crippen molar-refractivity contribution in [2.75, 3.05) is 19.7 Å². The van der Waals surface area contributed by atoms with Crippen LogP contribution in [-0.4, -0.2) is 36.4 Å². The van der Waals surface area contributed by atoms with E-state index in [2.05, 4.69) is 5.32 Å². The molecule has 94 valence electrons. The van der Waals surface area contributed by atoms with Crippen molar-refractivity contribution in [1.29, 1.82) is 0 Å². The second kappa shape index (κ2) is 5.15. The Morgan fingerprint density at radius 2 is 2.06 bits per heavy atom. The van der Waals surface area contributed by atoms with Crippen molar-refractivity contribution in [2.24, 2.45) is 5.41 Å². The van der Waals surface area contributed by atoms with Crippen molar-refractivity contribution in [2.45, 2.75) is 45.6 Å². The first-order valence-electron chi connectivity index (χ1n) is 5.90. The molecule has 0 saturated heterocycles. The Hall–Kier alpha value is -0.610. The molecule has 1 fully saturated rings. The fourth-order valence-electron chi connectivity index (χ4n) is 1.74. The number of esters is 1. The van der Waals surface area contributed by atoms with Crippen molar-refractivity contribution in [1.82, 2.24) is 5.32 Å². The third-order valence-corrected chi connectivity index (χ3v) is 2.79. The predicted molar refractivity (Wildman–Crippen MR) is 62.1 cm³/mol. The Balaban J connectivity index is 2.14. The van der Waals surface area contributed by atoms with E-state index in [1.54, 1.807) is 0 Å². The van der Waals surface area contributed by atoms with Crippen LogP contribution in [0, 0.1) is 5.41 Å². The summed E-state index contributed by atoms with van der Waals surface area (Å²) in [6.45, 7) is 6.86. The average Bonchev–Trinajstić information content (AvgIpc) is 2.82. The Kier molecular flexibility index (Phi) is 4.33. The third-order valence-electron chi connectivity index (χ3n) is 2.79. The van der Waals surface area contributed by atoms with Gasteiger partial charge < -0.3 is 15.2 Å². The number of rotatable bonds is 6. The van der Waals surface area contributed by atoms with Gasteiger partial charge in [0, 0.05) is 13.2 Å². The third kappa shape index (κ3) is 4.94. The highest BCUT2D eigenvalue weighted by Gasteiger charge is 2.41. The lowest BCUT2D eigenvalue weighted by molar-refractivity contribution is -0.153. The standard InChI is InChI=1S/C12H23NO3/c1-11(2,3)16-10(15)8-13-9-12(4-5-12)6-7-14/h13-14H,4-9H2,1-3H3. The van der Waals surface area contributed by atoms with Gasteiger partial charge in [-0.15, -0.1) is 0 Å². The van der Waals surface area contributed by atoms with Crippen LogP contribution in [0.15, 0.2) is 0 Å². The second-order valence-corrected chi connectivity index (χ2v) is 5.66. The zero-order valence-electron chi connectivity index (χ0n) is 10.5. The number of nitrogens with one attached hydrogen (secondary N) is 1. The van der Waals surface area contributed by atoms with E-state index < -0.39 is 5.60 Å². The van der Waals surface area contributed by atoms with Crippen molar-refractivity contribution >= 4 is 5.97 Å². The Bertz CT molecular complexity index is 241. The number of aliphatic hydroxyl groups is 1. The van der Waals surface area contributed by atoms with E-state index in [0.29, 0.717) is 0 Å². The summed E-state index contributed by atoms with van der Waals surface area (Å²) in [5, 5.41) is 12.0. The van der Waals surface area contributed by atoms with Crippen molar-refractivity contribution in [3.63, 3.8) is 0 Å². The topological polar surface area (TPSA) is 58.6 Å². The molecule has 0 aromatic carbocycles. The normalized spacial score (nSPS) is 18.2. The summed E-state index contributed by atoms with van der Waals surface area (Å²) in [7, 11) is 0. The molecule has 4 heteroatoms. The summed E-state index contributed by atoms with van der Waals surface area (Å²) >= 11 is 0. The maximum Gasteiger partial charge on any atom is 0.320 e. The van der Waals surface area contributed by atoms with Gasteiger partial charge in [-0.3, -0.25) is 4.79 Å².